The number of rotatable bonds is 10. The van der Waals surface area contributed by atoms with Crippen molar-refractivity contribution in [1.29, 1.82) is 0 Å². The maximum atomic E-state index is 12.6. The van der Waals surface area contributed by atoms with Gasteiger partial charge in [-0.3, -0.25) is 24.9 Å². The summed E-state index contributed by atoms with van der Waals surface area (Å²) in [5, 5.41) is 27.0. The van der Waals surface area contributed by atoms with Gasteiger partial charge in [-0.2, -0.15) is 0 Å². The summed E-state index contributed by atoms with van der Waals surface area (Å²) in [6, 6.07) is 5.58. The second kappa shape index (κ2) is 10.6. The Morgan fingerprint density at radius 1 is 1.16 bits per heavy atom. The van der Waals surface area contributed by atoms with Crippen molar-refractivity contribution >= 4 is 30.3 Å². The number of hydrogen-bond acceptors (Lipinski definition) is 7. The van der Waals surface area contributed by atoms with Gasteiger partial charge in [0.15, 0.2) is 0 Å². The van der Waals surface area contributed by atoms with Crippen molar-refractivity contribution in [3.8, 4) is 0 Å². The highest BCUT2D eigenvalue weighted by Crippen LogP contribution is 2.14. The summed E-state index contributed by atoms with van der Waals surface area (Å²) < 4.78 is 0. The molecule has 3 unspecified atom stereocenters. The van der Waals surface area contributed by atoms with Gasteiger partial charge in [0.1, 0.15) is 18.4 Å². The lowest BCUT2D eigenvalue weighted by Crippen LogP contribution is -2.49. The van der Waals surface area contributed by atoms with E-state index in [-0.39, 0.29) is 31.1 Å². The number of allylic oxidation sites excluding steroid dienone is 1. The van der Waals surface area contributed by atoms with Crippen LogP contribution in [0.2, 0.25) is 0 Å². The van der Waals surface area contributed by atoms with Crippen LogP contribution in [-0.2, 0) is 16.1 Å². The summed E-state index contributed by atoms with van der Waals surface area (Å²) in [7, 11) is 0. The Hall–Kier alpha value is -3.37. The quantitative estimate of drug-likeness (QED) is 0.362. The minimum atomic E-state index is -1.27. The summed E-state index contributed by atoms with van der Waals surface area (Å²) in [6.07, 6.45) is 6.83. The summed E-state index contributed by atoms with van der Waals surface area (Å²) in [4.78, 5) is 43.6. The first-order chi connectivity index (χ1) is 14.9. The van der Waals surface area contributed by atoms with E-state index in [1.54, 1.807) is 30.5 Å². The van der Waals surface area contributed by atoms with Crippen LogP contribution in [-0.4, -0.2) is 65.4 Å². The molecule has 10 nitrogen and oxygen atoms in total. The number of nitrogens with zero attached hydrogens (tertiary/aromatic N) is 2. The highest BCUT2D eigenvalue weighted by molar-refractivity contribution is 5.97. The molecular weight excluding hydrogens is 402 g/mol. The topological polar surface area (TPSA) is 152 Å². The van der Waals surface area contributed by atoms with Gasteiger partial charge in [0.05, 0.1) is 0 Å². The number of amides is 1. The molecule has 31 heavy (non-hydrogen) atoms. The molecule has 0 spiro atoms. The molecule has 0 radical (unpaired) electrons. The molecule has 0 fully saturated rings. The normalized spacial score (nSPS) is 22.5. The Labute approximate surface area is 179 Å². The van der Waals surface area contributed by atoms with Gasteiger partial charge in [-0.1, -0.05) is 24.3 Å². The predicted molar refractivity (Wildman–Crippen MR) is 114 cm³/mol. The van der Waals surface area contributed by atoms with Crippen LogP contribution in [0.1, 0.15) is 28.8 Å². The van der Waals surface area contributed by atoms with Crippen LogP contribution < -0.4 is 16.0 Å². The molecule has 2 aliphatic rings. The zero-order valence-electron chi connectivity index (χ0n) is 16.8. The molecule has 1 amide bonds. The number of carboxylic acid groups (broad SMARTS) is 2. The number of aliphatic carboxylic acids is 2. The van der Waals surface area contributed by atoms with Crippen LogP contribution in [0.3, 0.4) is 0 Å². The van der Waals surface area contributed by atoms with E-state index in [4.69, 9.17) is 5.11 Å². The third-order valence-corrected chi connectivity index (χ3v) is 5.00. The number of benzene rings is 1. The molecule has 1 aromatic carbocycles. The maximum Gasteiger partial charge on any atom is 0.326 e. The van der Waals surface area contributed by atoms with Crippen molar-refractivity contribution in [2.24, 2.45) is 15.9 Å². The van der Waals surface area contributed by atoms with Crippen LogP contribution in [0.25, 0.3) is 0 Å². The van der Waals surface area contributed by atoms with E-state index in [1.807, 2.05) is 18.4 Å². The first kappa shape index (κ1) is 22.3. The molecule has 0 aromatic heterocycles. The Bertz CT molecular complexity index is 913. The van der Waals surface area contributed by atoms with Crippen LogP contribution in [0.5, 0.6) is 0 Å². The highest BCUT2D eigenvalue weighted by Gasteiger charge is 2.25. The lowest BCUT2D eigenvalue weighted by Gasteiger charge is -2.30. The Morgan fingerprint density at radius 2 is 1.97 bits per heavy atom. The Balaban J connectivity index is 1.56. The first-order valence-electron chi connectivity index (χ1n) is 9.97. The van der Waals surface area contributed by atoms with Gasteiger partial charge in [0.2, 0.25) is 0 Å². The van der Waals surface area contributed by atoms with Gasteiger partial charge in [-0.05, 0) is 24.1 Å². The molecular formula is C21H25N5O5. The van der Waals surface area contributed by atoms with Gasteiger partial charge in [-0.25, -0.2) is 4.79 Å². The summed E-state index contributed by atoms with van der Waals surface area (Å²) >= 11 is 0. The number of fused-ring (bicyclic) bond motifs is 1. The zero-order valence-corrected chi connectivity index (χ0v) is 16.8. The molecule has 0 bridgehead atoms. The van der Waals surface area contributed by atoms with E-state index in [2.05, 4.69) is 25.9 Å². The van der Waals surface area contributed by atoms with Crippen molar-refractivity contribution in [3.63, 3.8) is 0 Å². The molecule has 4 atom stereocenters. The lowest BCUT2D eigenvalue weighted by atomic mass is 10.0. The maximum absolute atomic E-state index is 12.6. The average molecular weight is 427 g/mol. The minimum Gasteiger partial charge on any atom is -0.481 e. The van der Waals surface area contributed by atoms with Gasteiger partial charge < -0.3 is 20.8 Å². The number of nitrogens with one attached hydrogen (secondary N) is 3. The molecule has 0 aliphatic carbocycles. The van der Waals surface area contributed by atoms with Gasteiger partial charge >= 0.3 is 11.9 Å². The Kier molecular flexibility index (Phi) is 7.63. The first-order valence-corrected chi connectivity index (χ1v) is 9.97. The molecule has 10 heteroatoms. The van der Waals surface area contributed by atoms with Crippen molar-refractivity contribution in [2.75, 3.05) is 6.54 Å². The second-order valence-electron chi connectivity index (χ2n) is 7.27. The Morgan fingerprint density at radius 3 is 2.74 bits per heavy atom. The molecule has 0 saturated carbocycles. The third kappa shape index (κ3) is 6.30. The molecule has 2 heterocycles. The molecule has 0 saturated heterocycles. The van der Waals surface area contributed by atoms with E-state index in [0.29, 0.717) is 24.2 Å². The summed E-state index contributed by atoms with van der Waals surface area (Å²) in [6.45, 7) is 0.896. The molecule has 3 rings (SSSR count). The van der Waals surface area contributed by atoms with Crippen molar-refractivity contribution < 1.29 is 24.6 Å². The number of aliphatic imine (C=N–C) groups is 2. The fourth-order valence-electron chi connectivity index (χ4n) is 3.37. The number of carboxylic acids is 2. The number of carbonyl (C=O) groups excluding carboxylic acids is 1. The predicted octanol–water partition coefficient (Wildman–Crippen LogP) is 0.407. The molecule has 1 aromatic rings. The minimum absolute atomic E-state index is 0.0360. The SMILES string of the molecule is O=C(O)CC[C@H](NC(=O)c1ccccc1CNCC1N=CC2C=CC=NC2N1)C(=O)O. The fraction of sp³-hybridized carbons (Fsp3) is 0.381. The number of hydrogen-bond donors (Lipinski definition) is 5. The third-order valence-electron chi connectivity index (χ3n) is 5.00. The van der Waals surface area contributed by atoms with E-state index < -0.39 is 23.9 Å². The van der Waals surface area contributed by atoms with Crippen LogP contribution in [0.4, 0.5) is 0 Å². The number of carbonyl (C=O) groups is 3. The van der Waals surface area contributed by atoms with Gasteiger partial charge in [-0.15, -0.1) is 0 Å². The van der Waals surface area contributed by atoms with Gasteiger partial charge in [0.25, 0.3) is 5.91 Å². The van der Waals surface area contributed by atoms with Crippen molar-refractivity contribution in [1.82, 2.24) is 16.0 Å². The van der Waals surface area contributed by atoms with E-state index in [1.165, 1.54) is 0 Å². The van der Waals surface area contributed by atoms with Gasteiger partial charge in [0, 0.05) is 43.4 Å². The van der Waals surface area contributed by atoms with E-state index in [0.717, 1.165) is 0 Å². The fourth-order valence-corrected chi connectivity index (χ4v) is 3.37. The largest absolute Gasteiger partial charge is 0.481 e. The smallest absolute Gasteiger partial charge is 0.326 e. The summed E-state index contributed by atoms with van der Waals surface area (Å²) in [5.74, 6) is -2.81. The summed E-state index contributed by atoms with van der Waals surface area (Å²) in [5.41, 5.74) is 1.03. The number of dihydropyridines is 1. The standard InChI is InChI=1S/C21H25N5O5/c27-18(28)8-7-16(21(30)31)25-20(29)15-6-2-1-4-13(15)10-22-12-17-24-11-14-5-3-9-23-19(14)26-17/h1-6,9,11,14,16-17,19,22,26H,7-8,10,12H2,(H,25,29)(H,27,28)(H,30,31)/t14?,16-,17?,19?/m0/s1. The molecule has 5 N–H and O–H groups in total. The van der Waals surface area contributed by atoms with Crippen LogP contribution in [0, 0.1) is 5.92 Å². The van der Waals surface area contributed by atoms with Crippen LogP contribution >= 0.6 is 0 Å². The van der Waals surface area contributed by atoms with E-state index in [9.17, 15) is 19.5 Å². The van der Waals surface area contributed by atoms with Crippen LogP contribution in [0.15, 0.2) is 46.4 Å². The average Bonchev–Trinajstić information content (AvgIpc) is 2.76. The lowest BCUT2D eigenvalue weighted by molar-refractivity contribution is -0.140. The molecule has 2 aliphatic heterocycles. The molecule has 164 valence electrons. The highest BCUT2D eigenvalue weighted by atomic mass is 16.4. The van der Waals surface area contributed by atoms with Crippen molar-refractivity contribution in [3.05, 3.63) is 47.5 Å². The van der Waals surface area contributed by atoms with E-state index >= 15 is 0 Å². The monoisotopic (exact) mass is 427 g/mol. The second-order valence-corrected chi connectivity index (χ2v) is 7.27. The zero-order chi connectivity index (χ0) is 22.2. The van der Waals surface area contributed by atoms with Crippen molar-refractivity contribution in [2.45, 2.75) is 37.8 Å².